The third kappa shape index (κ3) is 4.43. The molecule has 1 saturated heterocycles. The van der Waals surface area contributed by atoms with Gasteiger partial charge in [-0.3, -0.25) is 4.90 Å². The van der Waals surface area contributed by atoms with Gasteiger partial charge in [-0.1, -0.05) is 12.1 Å². The second-order valence-corrected chi connectivity index (χ2v) is 6.07. The molecular weight excluding hydrogens is 262 g/mol. The Morgan fingerprint density at radius 3 is 2.62 bits per heavy atom. The molecule has 2 rings (SSSR count). The van der Waals surface area contributed by atoms with Crippen LogP contribution in [0.15, 0.2) is 24.3 Å². The normalized spacial score (nSPS) is 22.8. The monoisotopic (exact) mass is 291 g/mol. The summed E-state index contributed by atoms with van der Waals surface area (Å²) in [5.41, 5.74) is 1.32. The minimum absolute atomic E-state index is 0.363. The minimum Gasteiger partial charge on any atom is -0.497 e. The lowest BCUT2D eigenvalue weighted by Crippen LogP contribution is -2.42. The molecule has 1 aliphatic heterocycles. The predicted octanol–water partition coefficient (Wildman–Crippen LogP) is 1.98. The number of likely N-dealkylation sites (N-methyl/N-ethyl adjacent to an activating group) is 2. The molecular formula is C17H29N3O. The Hall–Kier alpha value is -1.10. The number of nitrogens with one attached hydrogen (secondary N) is 1. The molecule has 1 fully saturated rings. The van der Waals surface area contributed by atoms with Crippen molar-refractivity contribution in [2.24, 2.45) is 0 Å². The number of ether oxygens (including phenoxy) is 1. The molecule has 0 saturated carbocycles. The summed E-state index contributed by atoms with van der Waals surface area (Å²) < 4.78 is 5.24. The minimum atomic E-state index is 0.363. The highest BCUT2D eigenvalue weighted by atomic mass is 16.5. The molecule has 4 heteroatoms. The predicted molar refractivity (Wildman–Crippen MR) is 87.9 cm³/mol. The van der Waals surface area contributed by atoms with E-state index in [2.05, 4.69) is 41.2 Å². The first-order chi connectivity index (χ1) is 10.1. The van der Waals surface area contributed by atoms with Gasteiger partial charge in [-0.25, -0.2) is 0 Å². The summed E-state index contributed by atoms with van der Waals surface area (Å²) in [6.07, 6.45) is 1.25. The average molecular weight is 291 g/mol. The molecule has 2 unspecified atom stereocenters. The standard InChI is InChI=1S/C17H29N3O/c1-14-12-19(3)10-5-11-20(14)13-17(18-2)15-6-8-16(21-4)9-7-15/h6-9,14,17-18H,5,10-13H2,1-4H3. The summed E-state index contributed by atoms with van der Waals surface area (Å²) in [6, 6.07) is 9.37. The van der Waals surface area contributed by atoms with Crippen LogP contribution in [0.2, 0.25) is 0 Å². The number of hydrogen-bond donors (Lipinski definition) is 1. The van der Waals surface area contributed by atoms with E-state index in [1.54, 1.807) is 7.11 Å². The lowest BCUT2D eigenvalue weighted by molar-refractivity contribution is 0.185. The van der Waals surface area contributed by atoms with E-state index in [0.29, 0.717) is 12.1 Å². The summed E-state index contributed by atoms with van der Waals surface area (Å²) in [5.74, 6) is 0.915. The number of benzene rings is 1. The van der Waals surface area contributed by atoms with Crippen LogP contribution in [0.5, 0.6) is 5.75 Å². The molecule has 1 aromatic carbocycles. The molecule has 21 heavy (non-hydrogen) atoms. The van der Waals surface area contributed by atoms with Crippen molar-refractivity contribution in [3.63, 3.8) is 0 Å². The molecule has 0 aliphatic carbocycles. The molecule has 0 spiro atoms. The summed E-state index contributed by atoms with van der Waals surface area (Å²) in [7, 11) is 5.97. The Morgan fingerprint density at radius 1 is 1.29 bits per heavy atom. The molecule has 0 amide bonds. The van der Waals surface area contributed by atoms with E-state index >= 15 is 0 Å². The SMILES string of the molecule is CNC(CN1CCCN(C)CC1C)c1ccc(OC)cc1. The van der Waals surface area contributed by atoms with Gasteiger partial charge in [-0.15, -0.1) is 0 Å². The Morgan fingerprint density at radius 2 is 2.00 bits per heavy atom. The maximum Gasteiger partial charge on any atom is 0.118 e. The van der Waals surface area contributed by atoms with Crippen molar-refractivity contribution in [1.29, 1.82) is 0 Å². The average Bonchev–Trinajstić information content (AvgIpc) is 2.65. The summed E-state index contributed by atoms with van der Waals surface area (Å²) in [6.45, 7) is 6.92. The van der Waals surface area contributed by atoms with Crippen LogP contribution in [0.3, 0.4) is 0 Å². The van der Waals surface area contributed by atoms with E-state index in [9.17, 15) is 0 Å². The van der Waals surface area contributed by atoms with E-state index in [-0.39, 0.29) is 0 Å². The highest BCUT2D eigenvalue weighted by Crippen LogP contribution is 2.20. The van der Waals surface area contributed by atoms with Gasteiger partial charge in [0.2, 0.25) is 0 Å². The molecule has 0 aromatic heterocycles. The topological polar surface area (TPSA) is 27.7 Å². The van der Waals surface area contributed by atoms with Crippen LogP contribution >= 0.6 is 0 Å². The van der Waals surface area contributed by atoms with Gasteiger partial charge in [0.05, 0.1) is 7.11 Å². The van der Waals surface area contributed by atoms with E-state index < -0.39 is 0 Å². The highest BCUT2D eigenvalue weighted by molar-refractivity contribution is 5.29. The van der Waals surface area contributed by atoms with Crippen LogP contribution in [0, 0.1) is 0 Å². The zero-order valence-electron chi connectivity index (χ0n) is 13.8. The largest absolute Gasteiger partial charge is 0.497 e. The second kappa shape index (κ2) is 7.78. The van der Waals surface area contributed by atoms with E-state index in [4.69, 9.17) is 4.74 Å². The number of nitrogens with zero attached hydrogens (tertiary/aromatic N) is 2. The summed E-state index contributed by atoms with van der Waals surface area (Å²) in [5, 5.41) is 3.46. The fraction of sp³-hybridized carbons (Fsp3) is 0.647. The molecule has 118 valence electrons. The zero-order valence-corrected chi connectivity index (χ0v) is 13.8. The van der Waals surface area contributed by atoms with Gasteiger partial charge < -0.3 is 15.0 Å². The van der Waals surface area contributed by atoms with E-state index in [0.717, 1.165) is 18.8 Å². The first-order valence-electron chi connectivity index (χ1n) is 7.88. The lowest BCUT2D eigenvalue weighted by Gasteiger charge is -2.31. The fourth-order valence-electron chi connectivity index (χ4n) is 3.13. The molecule has 4 nitrogen and oxygen atoms in total. The van der Waals surface area contributed by atoms with Gasteiger partial charge in [0, 0.05) is 25.2 Å². The van der Waals surface area contributed by atoms with Crippen molar-refractivity contribution >= 4 is 0 Å². The number of rotatable bonds is 5. The van der Waals surface area contributed by atoms with Crippen LogP contribution < -0.4 is 10.1 Å². The molecule has 1 aromatic rings. The third-order valence-corrected chi connectivity index (χ3v) is 4.47. The zero-order chi connectivity index (χ0) is 15.2. The molecule has 2 atom stereocenters. The van der Waals surface area contributed by atoms with Crippen LogP contribution in [-0.2, 0) is 0 Å². The fourth-order valence-corrected chi connectivity index (χ4v) is 3.13. The van der Waals surface area contributed by atoms with E-state index in [1.165, 1.54) is 25.1 Å². The van der Waals surface area contributed by atoms with Crippen molar-refractivity contribution < 1.29 is 4.74 Å². The number of hydrogen-bond acceptors (Lipinski definition) is 4. The first-order valence-corrected chi connectivity index (χ1v) is 7.88. The van der Waals surface area contributed by atoms with Gasteiger partial charge >= 0.3 is 0 Å². The summed E-state index contributed by atoms with van der Waals surface area (Å²) >= 11 is 0. The van der Waals surface area contributed by atoms with Gasteiger partial charge in [0.15, 0.2) is 0 Å². The van der Waals surface area contributed by atoms with Gasteiger partial charge in [-0.2, -0.15) is 0 Å². The smallest absolute Gasteiger partial charge is 0.118 e. The first kappa shape index (κ1) is 16.3. The Balaban J connectivity index is 2.03. The third-order valence-electron chi connectivity index (χ3n) is 4.47. The molecule has 1 aliphatic rings. The Labute approximate surface area is 129 Å². The highest BCUT2D eigenvalue weighted by Gasteiger charge is 2.22. The maximum absolute atomic E-state index is 5.24. The molecule has 1 N–H and O–H groups in total. The van der Waals surface area contributed by atoms with Crippen LogP contribution in [-0.4, -0.2) is 63.2 Å². The second-order valence-electron chi connectivity index (χ2n) is 6.07. The van der Waals surface area contributed by atoms with Gasteiger partial charge in [0.25, 0.3) is 0 Å². The van der Waals surface area contributed by atoms with Gasteiger partial charge in [0.1, 0.15) is 5.75 Å². The van der Waals surface area contributed by atoms with Crippen molar-refractivity contribution in [3.05, 3.63) is 29.8 Å². The van der Waals surface area contributed by atoms with Crippen molar-refractivity contribution in [3.8, 4) is 5.75 Å². The van der Waals surface area contributed by atoms with Crippen molar-refractivity contribution in [2.45, 2.75) is 25.4 Å². The molecule has 0 bridgehead atoms. The Kier molecular flexibility index (Phi) is 6.03. The van der Waals surface area contributed by atoms with Crippen LogP contribution in [0.1, 0.15) is 24.9 Å². The van der Waals surface area contributed by atoms with Crippen LogP contribution in [0.4, 0.5) is 0 Å². The van der Waals surface area contributed by atoms with Crippen molar-refractivity contribution in [2.75, 3.05) is 47.4 Å². The Bertz CT molecular complexity index is 421. The quantitative estimate of drug-likeness (QED) is 0.898. The molecule has 1 heterocycles. The lowest BCUT2D eigenvalue weighted by atomic mass is 10.1. The van der Waals surface area contributed by atoms with E-state index in [1.807, 2.05) is 19.2 Å². The maximum atomic E-state index is 5.24. The number of methoxy groups -OCH3 is 1. The summed E-state index contributed by atoms with van der Waals surface area (Å²) in [4.78, 5) is 5.04. The van der Waals surface area contributed by atoms with Gasteiger partial charge in [-0.05, 0) is 58.2 Å². The van der Waals surface area contributed by atoms with Crippen molar-refractivity contribution in [1.82, 2.24) is 15.1 Å². The molecule has 0 radical (unpaired) electrons. The van der Waals surface area contributed by atoms with Crippen LogP contribution in [0.25, 0.3) is 0 Å².